The van der Waals surface area contributed by atoms with Gasteiger partial charge in [-0.3, -0.25) is 9.78 Å². The highest BCUT2D eigenvalue weighted by Gasteiger charge is 2.22. The van der Waals surface area contributed by atoms with Crippen LogP contribution in [0.4, 0.5) is 5.69 Å². The van der Waals surface area contributed by atoms with Crippen molar-refractivity contribution in [3.05, 3.63) is 65.4 Å². The highest BCUT2D eigenvalue weighted by atomic mass is 16.5. The number of hydrogen-bond donors (Lipinski definition) is 2. The number of aromatic nitrogens is 1. The van der Waals surface area contributed by atoms with Gasteiger partial charge in [0, 0.05) is 35.4 Å². The summed E-state index contributed by atoms with van der Waals surface area (Å²) in [6.45, 7) is 3.64. The minimum absolute atomic E-state index is 0.125. The maximum absolute atomic E-state index is 12.8. The number of amides is 1. The lowest BCUT2D eigenvalue weighted by Gasteiger charge is -2.22. The smallest absolute Gasteiger partial charge is 0.255 e. The molecule has 1 aromatic heterocycles. The number of anilines is 1. The van der Waals surface area contributed by atoms with Crippen LogP contribution in [0.25, 0.3) is 10.9 Å². The summed E-state index contributed by atoms with van der Waals surface area (Å²) >= 11 is 0. The van der Waals surface area contributed by atoms with Crippen LogP contribution in [0.15, 0.2) is 48.7 Å². The van der Waals surface area contributed by atoms with E-state index in [1.807, 2.05) is 49.5 Å². The summed E-state index contributed by atoms with van der Waals surface area (Å²) in [6.07, 6.45) is 11.1. The van der Waals surface area contributed by atoms with Crippen molar-refractivity contribution in [2.75, 3.05) is 11.9 Å². The first-order valence-electron chi connectivity index (χ1n) is 12.3. The van der Waals surface area contributed by atoms with Crippen LogP contribution in [0.3, 0.4) is 0 Å². The van der Waals surface area contributed by atoms with Gasteiger partial charge in [-0.25, -0.2) is 0 Å². The molecule has 1 heterocycles. The number of nitrogens with one attached hydrogen (secondary N) is 2. The second kappa shape index (κ2) is 9.92. The Morgan fingerprint density at radius 1 is 1.03 bits per heavy atom. The third-order valence-electron chi connectivity index (χ3n) is 6.91. The molecule has 2 fully saturated rings. The predicted molar refractivity (Wildman–Crippen MR) is 133 cm³/mol. The summed E-state index contributed by atoms with van der Waals surface area (Å²) < 4.78 is 5.77. The SMILES string of the molecule is Cc1c(NC(=O)c2ccc(OCC3CC3)cc2)ccc2cc(CNC3CCCCC3)cnc12. The lowest BCUT2D eigenvalue weighted by molar-refractivity contribution is 0.102. The lowest BCUT2D eigenvalue weighted by atomic mass is 9.95. The molecule has 0 saturated heterocycles. The monoisotopic (exact) mass is 443 g/mol. The van der Waals surface area contributed by atoms with Crippen molar-refractivity contribution in [3.8, 4) is 5.75 Å². The van der Waals surface area contributed by atoms with Gasteiger partial charge in [0.25, 0.3) is 5.91 Å². The van der Waals surface area contributed by atoms with Crippen molar-refractivity contribution in [2.24, 2.45) is 5.92 Å². The van der Waals surface area contributed by atoms with E-state index in [0.717, 1.165) is 41.1 Å². The first-order valence-corrected chi connectivity index (χ1v) is 12.3. The molecular weight excluding hydrogens is 410 g/mol. The topological polar surface area (TPSA) is 63.2 Å². The Morgan fingerprint density at radius 3 is 2.58 bits per heavy atom. The van der Waals surface area contributed by atoms with Crippen LogP contribution in [0.2, 0.25) is 0 Å². The molecule has 0 atom stereocenters. The van der Waals surface area contributed by atoms with Gasteiger partial charge in [-0.15, -0.1) is 0 Å². The fourth-order valence-electron chi connectivity index (χ4n) is 4.59. The standard InChI is InChI=1S/C28H33N3O2/c1-19-26(31-28(32)22-9-12-25(13-10-22)33-18-20-7-8-20)14-11-23-15-21(17-30-27(19)23)16-29-24-5-3-2-4-6-24/h9-15,17,20,24,29H,2-8,16,18H2,1H3,(H,31,32). The summed E-state index contributed by atoms with van der Waals surface area (Å²) in [5, 5.41) is 7.84. The molecule has 0 aliphatic heterocycles. The van der Waals surface area contributed by atoms with Crippen molar-refractivity contribution >= 4 is 22.5 Å². The van der Waals surface area contributed by atoms with Gasteiger partial charge < -0.3 is 15.4 Å². The molecule has 172 valence electrons. The molecule has 2 aliphatic carbocycles. The Labute approximate surface area is 195 Å². The van der Waals surface area contributed by atoms with Crippen LogP contribution in [-0.4, -0.2) is 23.5 Å². The largest absolute Gasteiger partial charge is 0.493 e. The zero-order valence-electron chi connectivity index (χ0n) is 19.4. The lowest BCUT2D eigenvalue weighted by Crippen LogP contribution is -2.30. The first-order chi connectivity index (χ1) is 16.2. The number of aryl methyl sites for hydroxylation is 1. The number of carbonyl (C=O) groups excluding carboxylic acids is 1. The van der Waals surface area contributed by atoms with Crippen molar-refractivity contribution in [1.29, 1.82) is 0 Å². The number of rotatable bonds is 8. The van der Waals surface area contributed by atoms with Gasteiger partial charge in [0.2, 0.25) is 0 Å². The maximum Gasteiger partial charge on any atom is 0.255 e. The molecule has 0 unspecified atom stereocenters. The summed E-state index contributed by atoms with van der Waals surface area (Å²) in [6, 6.07) is 14.2. The fourth-order valence-corrected chi connectivity index (χ4v) is 4.59. The average Bonchev–Trinajstić information content (AvgIpc) is 3.69. The van der Waals surface area contributed by atoms with Gasteiger partial charge in [0.15, 0.2) is 0 Å². The van der Waals surface area contributed by atoms with Crippen LogP contribution >= 0.6 is 0 Å². The Hall–Kier alpha value is -2.92. The molecule has 2 aliphatic rings. The van der Waals surface area contributed by atoms with E-state index < -0.39 is 0 Å². The van der Waals surface area contributed by atoms with E-state index in [2.05, 4.69) is 16.7 Å². The van der Waals surface area contributed by atoms with Gasteiger partial charge in [-0.05, 0) is 86.1 Å². The molecule has 3 aromatic rings. The fraction of sp³-hybridized carbons (Fsp3) is 0.429. The highest BCUT2D eigenvalue weighted by Crippen LogP contribution is 2.30. The summed E-state index contributed by atoms with van der Waals surface area (Å²) in [5.41, 5.74) is 4.52. The molecule has 0 radical (unpaired) electrons. The number of carbonyl (C=O) groups is 1. The van der Waals surface area contributed by atoms with Crippen molar-refractivity contribution in [3.63, 3.8) is 0 Å². The molecule has 2 aromatic carbocycles. The summed E-state index contributed by atoms with van der Waals surface area (Å²) in [4.78, 5) is 17.5. The molecule has 0 spiro atoms. The van der Waals surface area contributed by atoms with Crippen molar-refractivity contribution < 1.29 is 9.53 Å². The normalized spacial score (nSPS) is 16.6. The first kappa shape index (κ1) is 21.9. The molecule has 2 saturated carbocycles. The van der Waals surface area contributed by atoms with Gasteiger partial charge in [-0.1, -0.05) is 25.3 Å². The second-order valence-electron chi connectivity index (χ2n) is 9.60. The number of pyridine rings is 1. The molecule has 0 bridgehead atoms. The third-order valence-corrected chi connectivity index (χ3v) is 6.91. The highest BCUT2D eigenvalue weighted by molar-refractivity contribution is 6.06. The van der Waals surface area contributed by atoms with Crippen LogP contribution in [0, 0.1) is 12.8 Å². The number of hydrogen-bond acceptors (Lipinski definition) is 4. The molecule has 5 nitrogen and oxygen atoms in total. The Kier molecular flexibility index (Phi) is 6.58. The van der Waals surface area contributed by atoms with Crippen LogP contribution < -0.4 is 15.4 Å². The van der Waals surface area contributed by atoms with E-state index in [1.54, 1.807) is 0 Å². The number of ether oxygens (including phenoxy) is 1. The molecule has 2 N–H and O–H groups in total. The van der Waals surface area contributed by atoms with Gasteiger partial charge in [0.05, 0.1) is 12.1 Å². The molecule has 5 heteroatoms. The predicted octanol–water partition coefficient (Wildman–Crippen LogP) is 6.01. The molecule has 33 heavy (non-hydrogen) atoms. The molecule has 5 rings (SSSR count). The third kappa shape index (κ3) is 5.53. The average molecular weight is 444 g/mol. The van der Waals surface area contributed by atoms with E-state index in [9.17, 15) is 4.79 Å². The minimum Gasteiger partial charge on any atom is -0.493 e. The Balaban J connectivity index is 1.23. The summed E-state index contributed by atoms with van der Waals surface area (Å²) in [7, 11) is 0. The number of nitrogens with zero attached hydrogens (tertiary/aromatic N) is 1. The zero-order valence-corrected chi connectivity index (χ0v) is 19.4. The Morgan fingerprint density at radius 2 is 1.82 bits per heavy atom. The van der Waals surface area contributed by atoms with E-state index in [4.69, 9.17) is 9.72 Å². The van der Waals surface area contributed by atoms with Crippen LogP contribution in [-0.2, 0) is 6.54 Å². The Bertz CT molecular complexity index is 1120. The molecule has 1 amide bonds. The van der Waals surface area contributed by atoms with Gasteiger partial charge in [-0.2, -0.15) is 0 Å². The number of benzene rings is 2. The van der Waals surface area contributed by atoms with Crippen molar-refractivity contribution in [2.45, 2.75) is 64.5 Å². The minimum atomic E-state index is -0.125. The van der Waals surface area contributed by atoms with E-state index in [-0.39, 0.29) is 5.91 Å². The number of fused-ring (bicyclic) bond motifs is 1. The van der Waals surface area contributed by atoms with Gasteiger partial charge in [0.1, 0.15) is 5.75 Å². The van der Waals surface area contributed by atoms with E-state index in [1.165, 1.54) is 50.5 Å². The van der Waals surface area contributed by atoms with E-state index in [0.29, 0.717) is 17.5 Å². The van der Waals surface area contributed by atoms with E-state index >= 15 is 0 Å². The second-order valence-corrected chi connectivity index (χ2v) is 9.60. The molecular formula is C28H33N3O2. The summed E-state index contributed by atoms with van der Waals surface area (Å²) in [5.74, 6) is 1.40. The van der Waals surface area contributed by atoms with Crippen molar-refractivity contribution in [1.82, 2.24) is 10.3 Å². The van der Waals surface area contributed by atoms with Crippen LogP contribution in [0.1, 0.15) is 66.4 Å². The quantitative estimate of drug-likeness (QED) is 0.448. The van der Waals surface area contributed by atoms with Crippen LogP contribution in [0.5, 0.6) is 5.75 Å². The van der Waals surface area contributed by atoms with Gasteiger partial charge >= 0.3 is 0 Å². The maximum atomic E-state index is 12.8. The zero-order chi connectivity index (χ0) is 22.6.